The molecular weight excluding hydrogens is 270 g/mol. The summed E-state index contributed by atoms with van der Waals surface area (Å²) in [4.78, 5) is 13.6. The maximum atomic E-state index is 12.1. The highest BCUT2D eigenvalue weighted by Crippen LogP contribution is 2.33. The molecule has 1 aliphatic heterocycles. The van der Waals surface area contributed by atoms with Crippen LogP contribution in [-0.4, -0.2) is 39.4 Å². The molecule has 1 aliphatic rings. The number of nitrogens with zero attached hydrogens (tertiary/aromatic N) is 1. The van der Waals surface area contributed by atoms with Crippen LogP contribution < -0.4 is 0 Å². The number of ether oxygens (including phenoxy) is 1. The summed E-state index contributed by atoms with van der Waals surface area (Å²) < 4.78 is 5.34. The van der Waals surface area contributed by atoms with E-state index in [9.17, 15) is 15.0 Å². The van der Waals surface area contributed by atoms with Crippen molar-refractivity contribution in [1.29, 1.82) is 0 Å². The largest absolute Gasteiger partial charge is 0.444 e. The van der Waals surface area contributed by atoms with E-state index in [2.05, 4.69) is 0 Å². The molecule has 1 aromatic carbocycles. The van der Waals surface area contributed by atoms with Crippen molar-refractivity contribution in [3.05, 3.63) is 35.4 Å². The maximum Gasteiger partial charge on any atom is 0.410 e. The number of aliphatic hydroxyl groups is 2. The van der Waals surface area contributed by atoms with Crippen molar-refractivity contribution in [1.82, 2.24) is 4.90 Å². The molecule has 0 spiro atoms. The minimum Gasteiger partial charge on any atom is -0.444 e. The van der Waals surface area contributed by atoms with E-state index in [1.807, 2.05) is 32.9 Å². The molecule has 1 unspecified atom stereocenters. The first-order valence-corrected chi connectivity index (χ1v) is 7.20. The highest BCUT2D eigenvalue weighted by atomic mass is 16.6. The Hall–Kier alpha value is -1.59. The highest BCUT2D eigenvalue weighted by Gasteiger charge is 2.40. The van der Waals surface area contributed by atoms with Gasteiger partial charge in [0, 0.05) is 6.54 Å². The molecule has 0 radical (unpaired) electrons. The fourth-order valence-corrected chi connectivity index (χ4v) is 2.46. The summed E-state index contributed by atoms with van der Waals surface area (Å²) in [5.41, 5.74) is 0.796. The molecule has 0 aromatic heterocycles. The molecule has 1 fully saturated rings. The van der Waals surface area contributed by atoms with E-state index in [1.54, 1.807) is 17.0 Å². The molecule has 1 aromatic rings. The fourth-order valence-electron chi connectivity index (χ4n) is 2.46. The molecule has 1 heterocycles. The lowest BCUT2D eigenvalue weighted by Crippen LogP contribution is -2.55. The van der Waals surface area contributed by atoms with E-state index in [0.717, 1.165) is 6.42 Å². The summed E-state index contributed by atoms with van der Waals surface area (Å²) in [7, 11) is 0. The van der Waals surface area contributed by atoms with E-state index in [0.29, 0.717) is 17.7 Å². The first-order valence-electron chi connectivity index (χ1n) is 7.20. The van der Waals surface area contributed by atoms with Crippen LogP contribution in [0.4, 0.5) is 4.79 Å². The van der Waals surface area contributed by atoms with Gasteiger partial charge in [0.2, 0.25) is 0 Å². The van der Waals surface area contributed by atoms with Crippen LogP contribution in [0.25, 0.3) is 0 Å². The Labute approximate surface area is 125 Å². The van der Waals surface area contributed by atoms with Crippen molar-refractivity contribution in [2.75, 3.05) is 6.54 Å². The van der Waals surface area contributed by atoms with E-state index in [4.69, 9.17) is 4.74 Å². The molecule has 2 rings (SSSR count). The summed E-state index contributed by atoms with van der Waals surface area (Å²) in [6.45, 7) is 5.90. The molecule has 5 nitrogen and oxygen atoms in total. The van der Waals surface area contributed by atoms with E-state index in [-0.39, 0.29) is 12.6 Å². The number of carbonyl (C=O) groups excluding carboxylic acids is 1. The van der Waals surface area contributed by atoms with Crippen molar-refractivity contribution in [2.24, 2.45) is 0 Å². The zero-order valence-corrected chi connectivity index (χ0v) is 12.7. The van der Waals surface area contributed by atoms with Crippen LogP contribution in [0.5, 0.6) is 0 Å². The molecule has 116 valence electrons. The van der Waals surface area contributed by atoms with E-state index >= 15 is 0 Å². The third-order valence-corrected chi connectivity index (χ3v) is 3.60. The van der Waals surface area contributed by atoms with Gasteiger partial charge >= 0.3 is 6.09 Å². The van der Waals surface area contributed by atoms with Crippen LogP contribution in [0.15, 0.2) is 24.3 Å². The van der Waals surface area contributed by atoms with Gasteiger partial charge in [0.15, 0.2) is 0 Å². The standard InChI is InChI=1S/C16H23NO4/c1-16(2,3)21-15(20)17-9-8-13(17)14(19)12-7-5-4-6-11(12)10-18/h4-7,13-14,18-19H,8-10H2,1-3H3/t13-,14?/m0/s1. The van der Waals surface area contributed by atoms with Gasteiger partial charge in [-0.1, -0.05) is 24.3 Å². The monoisotopic (exact) mass is 293 g/mol. The van der Waals surface area contributed by atoms with Gasteiger partial charge in [-0.2, -0.15) is 0 Å². The summed E-state index contributed by atoms with van der Waals surface area (Å²) in [5, 5.41) is 19.9. The second-order valence-corrected chi connectivity index (χ2v) is 6.33. The second kappa shape index (κ2) is 6.03. The molecule has 0 bridgehead atoms. The van der Waals surface area contributed by atoms with Gasteiger partial charge < -0.3 is 19.8 Å². The van der Waals surface area contributed by atoms with Gasteiger partial charge in [-0.05, 0) is 38.3 Å². The minimum atomic E-state index is -0.811. The Morgan fingerprint density at radius 1 is 1.43 bits per heavy atom. The minimum absolute atomic E-state index is 0.133. The van der Waals surface area contributed by atoms with Crippen molar-refractivity contribution in [3.63, 3.8) is 0 Å². The SMILES string of the molecule is CC(C)(C)OC(=O)N1CC[C@H]1C(O)c1ccccc1CO. The topological polar surface area (TPSA) is 70.0 Å². The Morgan fingerprint density at radius 3 is 2.62 bits per heavy atom. The van der Waals surface area contributed by atoms with E-state index < -0.39 is 17.8 Å². The third kappa shape index (κ3) is 3.54. The number of likely N-dealkylation sites (tertiary alicyclic amines) is 1. The van der Waals surface area contributed by atoms with Crippen LogP contribution >= 0.6 is 0 Å². The van der Waals surface area contributed by atoms with Crippen LogP contribution in [0.2, 0.25) is 0 Å². The van der Waals surface area contributed by atoms with Crippen molar-refractivity contribution in [2.45, 2.75) is 51.5 Å². The molecule has 2 N–H and O–H groups in total. The maximum absolute atomic E-state index is 12.1. The van der Waals surface area contributed by atoms with Crippen LogP contribution in [-0.2, 0) is 11.3 Å². The predicted octanol–water partition coefficient (Wildman–Crippen LogP) is 2.22. The predicted molar refractivity (Wildman–Crippen MR) is 78.7 cm³/mol. The average molecular weight is 293 g/mol. The molecule has 5 heteroatoms. The van der Waals surface area contributed by atoms with Crippen molar-refractivity contribution < 1.29 is 19.7 Å². The number of aliphatic hydroxyl groups excluding tert-OH is 2. The third-order valence-electron chi connectivity index (χ3n) is 3.60. The lowest BCUT2D eigenvalue weighted by molar-refractivity contribution is -0.0413. The normalized spacial score (nSPS) is 19.9. The first-order chi connectivity index (χ1) is 9.83. The number of hydrogen-bond acceptors (Lipinski definition) is 4. The summed E-state index contributed by atoms with van der Waals surface area (Å²) in [6.07, 6.45) is -0.492. The zero-order chi connectivity index (χ0) is 15.6. The molecule has 21 heavy (non-hydrogen) atoms. The van der Waals surface area contributed by atoms with Gasteiger partial charge in [-0.25, -0.2) is 4.79 Å². The van der Waals surface area contributed by atoms with Gasteiger partial charge in [0.25, 0.3) is 0 Å². The Kier molecular flexibility index (Phi) is 4.54. The number of hydrogen-bond donors (Lipinski definition) is 2. The summed E-state index contributed by atoms with van der Waals surface area (Å²) in [6, 6.07) is 6.88. The van der Waals surface area contributed by atoms with E-state index in [1.165, 1.54) is 0 Å². The zero-order valence-electron chi connectivity index (χ0n) is 12.7. The van der Waals surface area contributed by atoms with Crippen molar-refractivity contribution >= 4 is 6.09 Å². The first kappa shape index (κ1) is 15.8. The summed E-state index contributed by atoms with van der Waals surface area (Å²) in [5.74, 6) is 0. The number of amides is 1. The average Bonchev–Trinajstić information content (AvgIpc) is 2.34. The highest BCUT2D eigenvalue weighted by molar-refractivity contribution is 5.69. The van der Waals surface area contributed by atoms with Crippen LogP contribution in [0, 0.1) is 0 Å². The molecular formula is C16H23NO4. The molecule has 0 aliphatic carbocycles. The molecule has 1 saturated heterocycles. The fraction of sp³-hybridized carbons (Fsp3) is 0.562. The van der Waals surface area contributed by atoms with Crippen LogP contribution in [0.3, 0.4) is 0 Å². The van der Waals surface area contributed by atoms with Gasteiger partial charge in [0.1, 0.15) is 5.60 Å². The molecule has 1 amide bonds. The van der Waals surface area contributed by atoms with Gasteiger partial charge in [-0.3, -0.25) is 0 Å². The Morgan fingerprint density at radius 2 is 2.10 bits per heavy atom. The van der Waals surface area contributed by atoms with Gasteiger partial charge in [-0.15, -0.1) is 0 Å². The van der Waals surface area contributed by atoms with Crippen LogP contribution in [0.1, 0.15) is 44.4 Å². The van der Waals surface area contributed by atoms with Gasteiger partial charge in [0.05, 0.1) is 18.8 Å². The summed E-state index contributed by atoms with van der Waals surface area (Å²) >= 11 is 0. The number of benzene rings is 1. The lowest BCUT2D eigenvalue weighted by atomic mass is 9.90. The molecule has 2 atom stereocenters. The number of rotatable bonds is 3. The van der Waals surface area contributed by atoms with Crippen molar-refractivity contribution in [3.8, 4) is 0 Å². The Bertz CT molecular complexity index is 509. The second-order valence-electron chi connectivity index (χ2n) is 6.33. The smallest absolute Gasteiger partial charge is 0.410 e. The lowest BCUT2D eigenvalue weighted by Gasteiger charge is -2.44. The number of carbonyl (C=O) groups is 1. The quantitative estimate of drug-likeness (QED) is 0.896. The molecule has 0 saturated carbocycles. The Balaban J connectivity index is 2.10.